The lowest BCUT2D eigenvalue weighted by atomic mass is 10.0. The van der Waals surface area contributed by atoms with E-state index in [1.165, 1.54) is 6.92 Å². The number of anilines is 3. The maximum atomic E-state index is 11.3. The number of carbonyl (C=O) groups is 1. The molecule has 6 N–H and O–H groups in total. The molecular weight excluding hydrogens is 246 g/mol. The second-order valence-corrected chi connectivity index (χ2v) is 5.15. The minimum Gasteiger partial charge on any atom is -0.397 e. The van der Waals surface area contributed by atoms with Crippen molar-refractivity contribution in [3.05, 3.63) is 17.7 Å². The normalized spacial score (nSPS) is 17.3. The molecule has 1 unspecified atom stereocenters. The number of aliphatic hydroxyl groups excluding tert-OH is 1. The van der Waals surface area contributed by atoms with Crippen LogP contribution in [-0.4, -0.2) is 34.9 Å². The number of nitrogens with two attached hydrogens (primary N) is 1. The molecule has 0 spiro atoms. The van der Waals surface area contributed by atoms with Crippen molar-refractivity contribution in [1.29, 1.82) is 0 Å². The lowest BCUT2D eigenvalue weighted by molar-refractivity contribution is -0.116. The Balaban J connectivity index is 2.18. The smallest absolute Gasteiger partial charge is 0.224 e. The number of aryl methyl sites for hydroxylation is 1. The molecule has 1 atom stereocenters. The minimum atomic E-state index is -1.22. The van der Waals surface area contributed by atoms with Crippen molar-refractivity contribution >= 4 is 23.0 Å². The van der Waals surface area contributed by atoms with Crippen LogP contribution in [0.4, 0.5) is 17.1 Å². The van der Waals surface area contributed by atoms with Gasteiger partial charge < -0.3 is 26.6 Å². The number of hydrogen-bond acceptors (Lipinski definition) is 5. The van der Waals surface area contributed by atoms with Crippen LogP contribution in [0, 0.1) is 0 Å². The Labute approximate surface area is 111 Å². The van der Waals surface area contributed by atoms with Crippen molar-refractivity contribution < 1.29 is 15.0 Å². The lowest BCUT2D eigenvalue weighted by Gasteiger charge is -2.24. The van der Waals surface area contributed by atoms with E-state index in [9.17, 15) is 9.90 Å². The lowest BCUT2D eigenvalue weighted by Crippen LogP contribution is -2.37. The Morgan fingerprint density at radius 3 is 2.89 bits per heavy atom. The molecule has 19 heavy (non-hydrogen) atoms. The highest BCUT2D eigenvalue weighted by molar-refractivity contribution is 5.95. The Hall–Kier alpha value is -1.79. The summed E-state index contributed by atoms with van der Waals surface area (Å²) < 4.78 is 0. The van der Waals surface area contributed by atoms with Crippen molar-refractivity contribution in [3.63, 3.8) is 0 Å². The van der Waals surface area contributed by atoms with Crippen LogP contribution in [0.2, 0.25) is 0 Å². The molecule has 1 aliphatic heterocycles. The number of nitrogens with one attached hydrogen (secondary N) is 2. The average molecular weight is 265 g/mol. The van der Waals surface area contributed by atoms with Gasteiger partial charge in [-0.25, -0.2) is 0 Å². The molecular formula is C13H19N3O3. The van der Waals surface area contributed by atoms with E-state index in [0.717, 1.165) is 11.3 Å². The largest absolute Gasteiger partial charge is 0.397 e. The number of carbonyl (C=O) groups excluding carboxylic acids is 1. The van der Waals surface area contributed by atoms with Crippen molar-refractivity contribution in [2.75, 3.05) is 29.5 Å². The molecule has 6 heteroatoms. The summed E-state index contributed by atoms with van der Waals surface area (Å²) in [5, 5.41) is 24.5. The monoisotopic (exact) mass is 265 g/mol. The van der Waals surface area contributed by atoms with Gasteiger partial charge in [-0.05, 0) is 31.0 Å². The fourth-order valence-electron chi connectivity index (χ4n) is 1.94. The number of fused-ring (bicyclic) bond motifs is 1. The van der Waals surface area contributed by atoms with E-state index in [0.29, 0.717) is 24.2 Å². The van der Waals surface area contributed by atoms with E-state index >= 15 is 0 Å². The van der Waals surface area contributed by atoms with Crippen LogP contribution in [0.1, 0.15) is 18.9 Å². The number of nitrogen functional groups attached to an aromatic ring is 1. The van der Waals surface area contributed by atoms with Gasteiger partial charge in [-0.1, -0.05) is 0 Å². The van der Waals surface area contributed by atoms with Gasteiger partial charge in [-0.3, -0.25) is 4.79 Å². The van der Waals surface area contributed by atoms with Gasteiger partial charge in [0.25, 0.3) is 0 Å². The predicted octanol–water partition coefficient (Wildman–Crippen LogP) is 0.309. The zero-order valence-corrected chi connectivity index (χ0v) is 10.9. The minimum absolute atomic E-state index is 0.00873. The van der Waals surface area contributed by atoms with Gasteiger partial charge in [0.2, 0.25) is 5.91 Å². The third-order valence-corrected chi connectivity index (χ3v) is 3.17. The second kappa shape index (κ2) is 5.07. The Morgan fingerprint density at radius 2 is 2.21 bits per heavy atom. The third-order valence-electron chi connectivity index (χ3n) is 3.17. The fourth-order valence-corrected chi connectivity index (χ4v) is 1.94. The molecule has 0 bridgehead atoms. The number of rotatable bonds is 4. The van der Waals surface area contributed by atoms with Gasteiger partial charge in [0.15, 0.2) is 0 Å². The summed E-state index contributed by atoms with van der Waals surface area (Å²) in [7, 11) is 0. The molecule has 2 rings (SSSR count). The van der Waals surface area contributed by atoms with E-state index in [4.69, 9.17) is 10.8 Å². The summed E-state index contributed by atoms with van der Waals surface area (Å²) in [6.07, 6.45) is 1.15. The van der Waals surface area contributed by atoms with Crippen molar-refractivity contribution in [1.82, 2.24) is 0 Å². The van der Waals surface area contributed by atoms with Crippen LogP contribution in [-0.2, 0) is 11.2 Å². The maximum Gasteiger partial charge on any atom is 0.224 e. The Bertz CT molecular complexity index is 500. The van der Waals surface area contributed by atoms with E-state index in [1.807, 2.05) is 6.07 Å². The summed E-state index contributed by atoms with van der Waals surface area (Å²) in [6.45, 7) is 1.35. The second-order valence-electron chi connectivity index (χ2n) is 5.15. The van der Waals surface area contributed by atoms with Crippen molar-refractivity contribution in [2.24, 2.45) is 0 Å². The van der Waals surface area contributed by atoms with Crippen LogP contribution in [0.15, 0.2) is 12.1 Å². The van der Waals surface area contributed by atoms with Gasteiger partial charge in [0.1, 0.15) is 5.60 Å². The highest BCUT2D eigenvalue weighted by Gasteiger charge is 2.20. The van der Waals surface area contributed by atoms with Crippen molar-refractivity contribution in [3.8, 4) is 0 Å². The molecule has 1 amide bonds. The fraction of sp³-hybridized carbons (Fsp3) is 0.462. The standard InChI is InChI=1S/C13H19N3O3/c1-13(19,7-17)6-15-11-5-10-8(4-9(11)14)2-3-12(18)16-10/h4-5,15,17,19H,2-3,6-7,14H2,1H3,(H,16,18). The number of benzene rings is 1. The molecule has 1 heterocycles. The molecule has 1 aliphatic rings. The SMILES string of the molecule is CC(O)(CO)CNc1cc2c(cc1N)CCC(=O)N2. The summed E-state index contributed by atoms with van der Waals surface area (Å²) in [5.41, 5.74) is 7.66. The first-order valence-corrected chi connectivity index (χ1v) is 6.21. The molecule has 0 aliphatic carbocycles. The summed E-state index contributed by atoms with van der Waals surface area (Å²) in [6, 6.07) is 3.58. The first-order valence-electron chi connectivity index (χ1n) is 6.21. The molecule has 0 fully saturated rings. The van der Waals surface area contributed by atoms with Crippen LogP contribution < -0.4 is 16.4 Å². The summed E-state index contributed by atoms with van der Waals surface area (Å²) in [4.78, 5) is 11.3. The van der Waals surface area contributed by atoms with Gasteiger partial charge in [0, 0.05) is 18.7 Å². The van der Waals surface area contributed by atoms with Crippen LogP contribution in [0.25, 0.3) is 0 Å². The van der Waals surface area contributed by atoms with Gasteiger partial charge >= 0.3 is 0 Å². The number of amides is 1. The molecule has 1 aromatic rings. The quantitative estimate of drug-likeness (QED) is 0.504. The number of aliphatic hydroxyl groups is 2. The molecule has 104 valence electrons. The molecule has 1 aromatic carbocycles. The summed E-state index contributed by atoms with van der Waals surface area (Å²) >= 11 is 0. The third kappa shape index (κ3) is 3.15. The molecule has 0 radical (unpaired) electrons. The van der Waals surface area contributed by atoms with Gasteiger partial charge in [0.05, 0.1) is 18.0 Å². The highest BCUT2D eigenvalue weighted by Crippen LogP contribution is 2.31. The molecule has 0 aromatic heterocycles. The Kier molecular flexibility index (Phi) is 3.64. The van der Waals surface area contributed by atoms with E-state index < -0.39 is 5.60 Å². The van der Waals surface area contributed by atoms with Gasteiger partial charge in [-0.15, -0.1) is 0 Å². The zero-order chi connectivity index (χ0) is 14.0. The zero-order valence-electron chi connectivity index (χ0n) is 10.9. The number of hydrogen-bond donors (Lipinski definition) is 5. The van der Waals surface area contributed by atoms with E-state index in [1.54, 1.807) is 6.07 Å². The molecule has 0 saturated heterocycles. The van der Waals surface area contributed by atoms with Crippen LogP contribution in [0.5, 0.6) is 0 Å². The average Bonchev–Trinajstić information content (AvgIpc) is 2.37. The topological polar surface area (TPSA) is 108 Å². The van der Waals surface area contributed by atoms with E-state index in [-0.39, 0.29) is 19.1 Å². The first kappa shape index (κ1) is 13.6. The highest BCUT2D eigenvalue weighted by atomic mass is 16.3. The summed E-state index contributed by atoms with van der Waals surface area (Å²) in [5.74, 6) is -0.00873. The van der Waals surface area contributed by atoms with Crippen LogP contribution in [0.3, 0.4) is 0 Å². The van der Waals surface area contributed by atoms with E-state index in [2.05, 4.69) is 10.6 Å². The van der Waals surface area contributed by atoms with Crippen LogP contribution >= 0.6 is 0 Å². The van der Waals surface area contributed by atoms with Gasteiger partial charge in [-0.2, -0.15) is 0 Å². The maximum absolute atomic E-state index is 11.3. The first-order chi connectivity index (χ1) is 8.91. The predicted molar refractivity (Wildman–Crippen MR) is 74.0 cm³/mol. The molecule has 6 nitrogen and oxygen atoms in total. The Morgan fingerprint density at radius 1 is 1.47 bits per heavy atom. The van der Waals surface area contributed by atoms with Crippen molar-refractivity contribution in [2.45, 2.75) is 25.4 Å². The molecule has 0 saturated carbocycles.